The normalized spacial score (nSPS) is 28.8. The average Bonchev–Trinajstić information content (AvgIpc) is 1.92. The summed E-state index contributed by atoms with van der Waals surface area (Å²) >= 11 is 0. The predicted molar refractivity (Wildman–Crippen MR) is 49.3 cm³/mol. The first-order valence-corrected chi connectivity index (χ1v) is 4.17. The van der Waals surface area contributed by atoms with Gasteiger partial charge in [0.2, 0.25) is 0 Å². The monoisotopic (exact) mass is 151 g/mol. The standard InChI is InChI=1S/C10H17N/c1-10(2)6-4-5-8-11(3)9-7-10/h4,6-7,9H,5,8H2,1-3H3/b6-4-,9-7-. The first-order chi connectivity index (χ1) is 5.10. The molecule has 62 valence electrons. The van der Waals surface area contributed by atoms with E-state index in [0.29, 0.717) is 0 Å². The Labute approximate surface area is 69.4 Å². The van der Waals surface area contributed by atoms with Crippen molar-refractivity contribution in [3.63, 3.8) is 0 Å². The Morgan fingerprint density at radius 1 is 1.27 bits per heavy atom. The van der Waals surface area contributed by atoms with Gasteiger partial charge in [-0.05, 0) is 12.6 Å². The Kier molecular flexibility index (Phi) is 2.38. The smallest absolute Gasteiger partial charge is 0.0203 e. The van der Waals surface area contributed by atoms with Crippen LogP contribution in [0.15, 0.2) is 24.4 Å². The minimum absolute atomic E-state index is 0.231. The largest absolute Gasteiger partial charge is 0.380 e. The Hall–Kier alpha value is -0.720. The van der Waals surface area contributed by atoms with E-state index in [4.69, 9.17) is 0 Å². The second kappa shape index (κ2) is 3.12. The highest BCUT2D eigenvalue weighted by molar-refractivity contribution is 5.08. The third-order valence-corrected chi connectivity index (χ3v) is 1.95. The van der Waals surface area contributed by atoms with Crippen molar-refractivity contribution in [2.45, 2.75) is 20.3 Å². The molecule has 1 nitrogen and oxygen atoms in total. The molecule has 0 saturated heterocycles. The highest BCUT2D eigenvalue weighted by Crippen LogP contribution is 2.20. The van der Waals surface area contributed by atoms with Crippen molar-refractivity contribution >= 4 is 0 Å². The first-order valence-electron chi connectivity index (χ1n) is 4.17. The summed E-state index contributed by atoms with van der Waals surface area (Å²) in [4.78, 5) is 2.23. The molecule has 0 spiro atoms. The van der Waals surface area contributed by atoms with Gasteiger partial charge in [0.1, 0.15) is 0 Å². The van der Waals surface area contributed by atoms with Crippen LogP contribution in [0.5, 0.6) is 0 Å². The third kappa shape index (κ3) is 2.79. The molecule has 0 aromatic carbocycles. The summed E-state index contributed by atoms with van der Waals surface area (Å²) in [5, 5.41) is 0. The lowest BCUT2D eigenvalue weighted by atomic mass is 9.92. The molecule has 1 heteroatoms. The van der Waals surface area contributed by atoms with E-state index < -0.39 is 0 Å². The summed E-state index contributed by atoms with van der Waals surface area (Å²) < 4.78 is 0. The molecule has 1 aliphatic heterocycles. The lowest BCUT2D eigenvalue weighted by Gasteiger charge is -2.21. The van der Waals surface area contributed by atoms with Crippen LogP contribution in [0, 0.1) is 5.41 Å². The van der Waals surface area contributed by atoms with Crippen molar-refractivity contribution in [2.75, 3.05) is 13.6 Å². The fraction of sp³-hybridized carbons (Fsp3) is 0.600. The summed E-state index contributed by atoms with van der Waals surface area (Å²) in [6, 6.07) is 0. The summed E-state index contributed by atoms with van der Waals surface area (Å²) in [5.41, 5.74) is 0.231. The van der Waals surface area contributed by atoms with Crippen LogP contribution in [0.3, 0.4) is 0 Å². The van der Waals surface area contributed by atoms with Gasteiger partial charge in [-0.1, -0.05) is 32.1 Å². The number of allylic oxidation sites excluding steroid dienone is 2. The zero-order valence-corrected chi connectivity index (χ0v) is 7.67. The van der Waals surface area contributed by atoms with Crippen molar-refractivity contribution in [1.29, 1.82) is 0 Å². The van der Waals surface area contributed by atoms with Crippen molar-refractivity contribution in [3.8, 4) is 0 Å². The van der Waals surface area contributed by atoms with Gasteiger partial charge in [-0.2, -0.15) is 0 Å². The number of nitrogens with zero attached hydrogens (tertiary/aromatic N) is 1. The van der Waals surface area contributed by atoms with E-state index in [0.717, 1.165) is 13.0 Å². The number of hydrogen-bond acceptors (Lipinski definition) is 1. The number of rotatable bonds is 0. The second-order valence-electron chi connectivity index (χ2n) is 3.81. The van der Waals surface area contributed by atoms with Gasteiger partial charge in [0.15, 0.2) is 0 Å². The fourth-order valence-electron chi connectivity index (χ4n) is 1.11. The molecule has 0 saturated carbocycles. The van der Waals surface area contributed by atoms with Crippen molar-refractivity contribution < 1.29 is 0 Å². The lowest BCUT2D eigenvalue weighted by molar-refractivity contribution is 0.447. The zero-order valence-electron chi connectivity index (χ0n) is 7.67. The van der Waals surface area contributed by atoms with Crippen LogP contribution in [0.25, 0.3) is 0 Å². The molecule has 1 rings (SSSR count). The second-order valence-corrected chi connectivity index (χ2v) is 3.81. The van der Waals surface area contributed by atoms with E-state index >= 15 is 0 Å². The highest BCUT2D eigenvalue weighted by atomic mass is 15.1. The molecule has 0 unspecified atom stereocenters. The minimum atomic E-state index is 0.231. The molecule has 0 bridgehead atoms. The molecule has 11 heavy (non-hydrogen) atoms. The molecule has 1 heterocycles. The van der Waals surface area contributed by atoms with Crippen molar-refractivity contribution in [2.24, 2.45) is 5.41 Å². The van der Waals surface area contributed by atoms with Crippen LogP contribution in [0.1, 0.15) is 20.3 Å². The van der Waals surface area contributed by atoms with Crippen LogP contribution in [0.4, 0.5) is 0 Å². The van der Waals surface area contributed by atoms with Crippen LogP contribution < -0.4 is 0 Å². The molecular formula is C10H17N. The molecule has 0 N–H and O–H groups in total. The van der Waals surface area contributed by atoms with E-state index in [9.17, 15) is 0 Å². The summed E-state index contributed by atoms with van der Waals surface area (Å²) in [7, 11) is 2.12. The summed E-state index contributed by atoms with van der Waals surface area (Å²) in [5.74, 6) is 0. The fourth-order valence-corrected chi connectivity index (χ4v) is 1.11. The summed E-state index contributed by atoms with van der Waals surface area (Å²) in [6.45, 7) is 5.57. The Morgan fingerprint density at radius 3 is 2.73 bits per heavy atom. The van der Waals surface area contributed by atoms with Crippen molar-refractivity contribution in [1.82, 2.24) is 4.90 Å². The van der Waals surface area contributed by atoms with Crippen molar-refractivity contribution in [3.05, 3.63) is 24.4 Å². The molecular weight excluding hydrogens is 134 g/mol. The molecule has 0 aromatic rings. The molecule has 0 radical (unpaired) electrons. The molecule has 0 fully saturated rings. The van der Waals surface area contributed by atoms with E-state index in [1.165, 1.54) is 0 Å². The van der Waals surface area contributed by atoms with E-state index in [-0.39, 0.29) is 5.41 Å². The molecule has 1 aliphatic rings. The lowest BCUT2D eigenvalue weighted by Crippen LogP contribution is -2.15. The topological polar surface area (TPSA) is 3.24 Å². The Bertz CT molecular complexity index is 177. The van der Waals surface area contributed by atoms with Crippen LogP contribution >= 0.6 is 0 Å². The molecule has 0 aliphatic carbocycles. The summed E-state index contributed by atoms with van der Waals surface area (Å²) in [6.07, 6.45) is 10.1. The average molecular weight is 151 g/mol. The van der Waals surface area contributed by atoms with E-state index in [1.807, 2.05) is 0 Å². The molecule has 0 amide bonds. The third-order valence-electron chi connectivity index (χ3n) is 1.95. The maximum absolute atomic E-state index is 2.27. The first kappa shape index (κ1) is 8.38. The molecule has 0 aromatic heterocycles. The zero-order chi connectivity index (χ0) is 8.32. The van der Waals surface area contributed by atoms with Crippen LogP contribution in [0.2, 0.25) is 0 Å². The van der Waals surface area contributed by atoms with E-state index in [2.05, 4.69) is 50.2 Å². The van der Waals surface area contributed by atoms with Gasteiger partial charge in [0, 0.05) is 19.0 Å². The molecule has 0 atom stereocenters. The maximum Gasteiger partial charge on any atom is 0.0203 e. The van der Waals surface area contributed by atoms with Crippen LogP contribution in [-0.2, 0) is 0 Å². The van der Waals surface area contributed by atoms with Gasteiger partial charge >= 0.3 is 0 Å². The van der Waals surface area contributed by atoms with E-state index in [1.54, 1.807) is 0 Å². The Balaban J connectivity index is 2.69. The Morgan fingerprint density at radius 2 is 2.00 bits per heavy atom. The van der Waals surface area contributed by atoms with Gasteiger partial charge in [-0.15, -0.1) is 0 Å². The SMILES string of the molecule is CN1/C=C\C(C)(C)/C=C\CC1. The van der Waals surface area contributed by atoms with Gasteiger partial charge in [0.05, 0.1) is 0 Å². The van der Waals surface area contributed by atoms with Crippen LogP contribution in [-0.4, -0.2) is 18.5 Å². The number of hydrogen-bond donors (Lipinski definition) is 0. The van der Waals surface area contributed by atoms with Gasteiger partial charge in [-0.25, -0.2) is 0 Å². The van der Waals surface area contributed by atoms with Gasteiger partial charge in [0.25, 0.3) is 0 Å². The van der Waals surface area contributed by atoms with Gasteiger partial charge < -0.3 is 4.90 Å². The quantitative estimate of drug-likeness (QED) is 0.481. The highest BCUT2D eigenvalue weighted by Gasteiger charge is 2.09. The van der Waals surface area contributed by atoms with Gasteiger partial charge in [-0.3, -0.25) is 0 Å². The minimum Gasteiger partial charge on any atom is -0.380 e. The predicted octanol–water partition coefficient (Wildman–Crippen LogP) is 2.42. The maximum atomic E-state index is 2.27.